The first-order chi connectivity index (χ1) is 12.6. The van der Waals surface area contributed by atoms with E-state index in [1.165, 1.54) is 0 Å². The van der Waals surface area contributed by atoms with E-state index in [0.717, 1.165) is 28.4 Å². The summed E-state index contributed by atoms with van der Waals surface area (Å²) in [5, 5.41) is 11.4. The lowest BCUT2D eigenvalue weighted by molar-refractivity contribution is -0.121. The van der Waals surface area contributed by atoms with Gasteiger partial charge in [-0.2, -0.15) is 0 Å². The summed E-state index contributed by atoms with van der Waals surface area (Å²) < 4.78 is 1.93. The number of para-hydroxylation sites is 1. The molecule has 1 aliphatic heterocycles. The zero-order valence-electron chi connectivity index (χ0n) is 14.9. The molecule has 26 heavy (non-hydrogen) atoms. The Kier molecular flexibility index (Phi) is 4.93. The maximum absolute atomic E-state index is 12.1. The molecule has 2 heterocycles. The zero-order chi connectivity index (χ0) is 18.7. The Morgan fingerprint density at radius 1 is 1.35 bits per heavy atom. The number of aromatic nitrogens is 3. The SMILES string of the molecule is C=C/C=C(\C=C)C1=NC(NC(=O)CC)c2nnc(C)n2-c2ccccc21.[HH]. The highest BCUT2D eigenvalue weighted by Gasteiger charge is 2.28. The monoisotopic (exact) mass is 349 g/mol. The second-order valence-corrected chi connectivity index (χ2v) is 5.82. The van der Waals surface area contributed by atoms with Crippen molar-refractivity contribution in [1.29, 1.82) is 0 Å². The smallest absolute Gasteiger partial charge is 0.221 e. The first kappa shape index (κ1) is 17.5. The number of nitrogens with one attached hydrogen (secondary N) is 1. The molecular weight excluding hydrogens is 326 g/mol. The molecular formula is C20H23N5O. The molecule has 1 aromatic heterocycles. The van der Waals surface area contributed by atoms with Gasteiger partial charge in [0.2, 0.25) is 5.91 Å². The van der Waals surface area contributed by atoms with Crippen LogP contribution in [0.3, 0.4) is 0 Å². The van der Waals surface area contributed by atoms with Crippen molar-refractivity contribution in [3.63, 3.8) is 0 Å². The molecule has 0 saturated carbocycles. The van der Waals surface area contributed by atoms with E-state index in [1.54, 1.807) is 19.1 Å². The first-order valence-corrected chi connectivity index (χ1v) is 8.45. The lowest BCUT2D eigenvalue weighted by atomic mass is 10.00. The minimum Gasteiger partial charge on any atom is -0.328 e. The van der Waals surface area contributed by atoms with Crippen LogP contribution in [0.25, 0.3) is 5.69 Å². The fourth-order valence-electron chi connectivity index (χ4n) is 2.93. The second-order valence-electron chi connectivity index (χ2n) is 5.82. The van der Waals surface area contributed by atoms with Crippen LogP contribution < -0.4 is 5.32 Å². The minimum atomic E-state index is -0.640. The fourth-order valence-corrected chi connectivity index (χ4v) is 2.93. The van der Waals surface area contributed by atoms with Crippen LogP contribution in [0.1, 0.15) is 38.1 Å². The highest BCUT2D eigenvalue weighted by Crippen LogP contribution is 2.29. The number of amides is 1. The number of allylic oxidation sites excluding steroid dienone is 4. The Labute approximate surface area is 154 Å². The molecule has 2 aromatic rings. The van der Waals surface area contributed by atoms with Gasteiger partial charge in [-0.25, -0.2) is 0 Å². The van der Waals surface area contributed by atoms with Crippen molar-refractivity contribution >= 4 is 11.6 Å². The van der Waals surface area contributed by atoms with Crippen LogP contribution in [0.15, 0.2) is 66.2 Å². The van der Waals surface area contributed by atoms with Gasteiger partial charge in [0.25, 0.3) is 0 Å². The molecule has 0 saturated heterocycles. The minimum absolute atomic E-state index is 0. The lowest BCUT2D eigenvalue weighted by Gasteiger charge is -2.13. The summed E-state index contributed by atoms with van der Waals surface area (Å²) in [6, 6.07) is 7.88. The summed E-state index contributed by atoms with van der Waals surface area (Å²) in [5.74, 6) is 1.20. The third-order valence-corrected chi connectivity index (χ3v) is 4.16. The van der Waals surface area contributed by atoms with Crippen LogP contribution in [0.5, 0.6) is 0 Å². The molecule has 0 fully saturated rings. The standard InChI is InChI=1S/C20H21N5O.H2/c1-5-10-14(6-2)18-15-11-8-9-12-16(15)25-13(4)23-24-20(25)19(22-18)21-17(26)7-3;/h5-6,8-12,19H,1-2,7H2,3-4H3,(H,21,26);1H/b14-10+;. The maximum atomic E-state index is 12.1. The van der Waals surface area contributed by atoms with Gasteiger partial charge in [0.05, 0.1) is 11.4 Å². The fraction of sp³-hybridized carbons (Fsp3) is 0.200. The molecule has 3 rings (SSSR count). The van der Waals surface area contributed by atoms with Crippen LogP contribution in [0.4, 0.5) is 0 Å². The number of benzene rings is 1. The topological polar surface area (TPSA) is 72.2 Å². The number of aryl methyl sites for hydroxylation is 1. The van der Waals surface area contributed by atoms with E-state index in [0.29, 0.717) is 12.2 Å². The average molecular weight is 349 g/mol. The molecule has 0 bridgehead atoms. The van der Waals surface area contributed by atoms with Gasteiger partial charge in [0, 0.05) is 13.4 Å². The van der Waals surface area contributed by atoms with E-state index in [2.05, 4.69) is 28.7 Å². The molecule has 6 heteroatoms. The quantitative estimate of drug-likeness (QED) is 0.840. The predicted octanol–water partition coefficient (Wildman–Crippen LogP) is 3.45. The summed E-state index contributed by atoms with van der Waals surface area (Å²) in [6.45, 7) is 11.3. The largest absolute Gasteiger partial charge is 0.328 e. The molecule has 0 aliphatic carbocycles. The lowest BCUT2D eigenvalue weighted by Crippen LogP contribution is -2.28. The predicted molar refractivity (Wildman–Crippen MR) is 104 cm³/mol. The average Bonchev–Trinajstić information content (AvgIpc) is 2.98. The Balaban J connectivity index is 0.00000261. The van der Waals surface area contributed by atoms with Crippen molar-refractivity contribution < 1.29 is 6.22 Å². The third-order valence-electron chi connectivity index (χ3n) is 4.16. The Bertz CT molecular complexity index is 942. The molecule has 6 nitrogen and oxygen atoms in total. The van der Waals surface area contributed by atoms with E-state index in [1.807, 2.05) is 41.8 Å². The van der Waals surface area contributed by atoms with Gasteiger partial charge in [-0.1, -0.05) is 56.5 Å². The molecule has 1 amide bonds. The number of nitrogens with zero attached hydrogens (tertiary/aromatic N) is 4. The van der Waals surface area contributed by atoms with E-state index >= 15 is 0 Å². The number of hydrogen-bond donors (Lipinski definition) is 1. The summed E-state index contributed by atoms with van der Waals surface area (Å²) in [4.78, 5) is 16.9. The summed E-state index contributed by atoms with van der Waals surface area (Å²) >= 11 is 0. The number of carbonyl (C=O) groups excluding carboxylic acids is 1. The van der Waals surface area contributed by atoms with Gasteiger partial charge in [0.15, 0.2) is 12.0 Å². The van der Waals surface area contributed by atoms with Crippen molar-refractivity contribution in [3.05, 3.63) is 78.4 Å². The first-order valence-electron chi connectivity index (χ1n) is 8.45. The van der Waals surface area contributed by atoms with E-state index in [-0.39, 0.29) is 7.33 Å². The summed E-state index contributed by atoms with van der Waals surface area (Å²) in [7, 11) is 0. The van der Waals surface area contributed by atoms with Crippen LogP contribution in [0.2, 0.25) is 0 Å². The van der Waals surface area contributed by atoms with Gasteiger partial charge < -0.3 is 5.32 Å². The Hall–Kier alpha value is -3.28. The van der Waals surface area contributed by atoms with Gasteiger partial charge in [0.1, 0.15) is 5.82 Å². The van der Waals surface area contributed by atoms with Gasteiger partial charge in [-0.15, -0.1) is 10.2 Å². The van der Waals surface area contributed by atoms with Crippen molar-refractivity contribution in [2.24, 2.45) is 4.99 Å². The van der Waals surface area contributed by atoms with Gasteiger partial charge in [-0.3, -0.25) is 14.4 Å². The summed E-state index contributed by atoms with van der Waals surface area (Å²) in [5.41, 5.74) is 3.37. The molecule has 0 spiro atoms. The Morgan fingerprint density at radius 2 is 2.12 bits per heavy atom. The Morgan fingerprint density at radius 3 is 2.81 bits per heavy atom. The van der Waals surface area contributed by atoms with E-state index in [9.17, 15) is 4.79 Å². The molecule has 1 N–H and O–H groups in total. The number of carbonyl (C=O) groups is 1. The molecule has 1 unspecified atom stereocenters. The highest BCUT2D eigenvalue weighted by atomic mass is 16.1. The van der Waals surface area contributed by atoms with Crippen molar-refractivity contribution in [3.8, 4) is 5.69 Å². The van der Waals surface area contributed by atoms with Crippen molar-refractivity contribution in [2.45, 2.75) is 26.4 Å². The highest BCUT2D eigenvalue weighted by molar-refractivity contribution is 6.16. The molecule has 0 radical (unpaired) electrons. The number of fused-ring (bicyclic) bond motifs is 3. The number of aliphatic imine (C=N–C) groups is 1. The zero-order valence-corrected chi connectivity index (χ0v) is 14.9. The van der Waals surface area contributed by atoms with Crippen molar-refractivity contribution in [2.75, 3.05) is 0 Å². The van der Waals surface area contributed by atoms with Crippen molar-refractivity contribution in [1.82, 2.24) is 20.1 Å². The third kappa shape index (κ3) is 3.01. The molecule has 1 atom stereocenters. The van der Waals surface area contributed by atoms with Gasteiger partial charge >= 0.3 is 0 Å². The van der Waals surface area contributed by atoms with Gasteiger partial charge in [-0.05, 0) is 18.6 Å². The number of rotatable bonds is 5. The molecule has 1 aromatic carbocycles. The van der Waals surface area contributed by atoms with Crippen LogP contribution in [-0.4, -0.2) is 26.4 Å². The van der Waals surface area contributed by atoms with E-state index < -0.39 is 6.17 Å². The number of hydrogen-bond acceptors (Lipinski definition) is 4. The second kappa shape index (κ2) is 7.31. The normalized spacial score (nSPS) is 16.0. The molecule has 134 valence electrons. The maximum Gasteiger partial charge on any atom is 0.221 e. The van der Waals surface area contributed by atoms with Crippen LogP contribution >= 0.6 is 0 Å². The van der Waals surface area contributed by atoms with Crippen LogP contribution in [-0.2, 0) is 4.79 Å². The van der Waals surface area contributed by atoms with E-state index in [4.69, 9.17) is 4.99 Å². The molecule has 1 aliphatic rings. The summed E-state index contributed by atoms with van der Waals surface area (Å²) in [6.07, 6.45) is 4.99. The van der Waals surface area contributed by atoms with Crippen LogP contribution in [0, 0.1) is 6.92 Å².